The zero-order valence-corrected chi connectivity index (χ0v) is 15.9. The molecule has 0 spiro atoms. The maximum atomic E-state index is 12.6. The minimum atomic E-state index is -0.218. The first-order chi connectivity index (χ1) is 13.1. The Morgan fingerprint density at radius 1 is 1.19 bits per heavy atom. The monoisotopic (exact) mass is 369 g/mol. The lowest BCUT2D eigenvalue weighted by Crippen LogP contribution is -2.36. The lowest BCUT2D eigenvalue weighted by molar-refractivity contribution is 0.102. The van der Waals surface area contributed by atoms with Gasteiger partial charge in [-0.1, -0.05) is 26.0 Å². The van der Waals surface area contributed by atoms with Crippen molar-refractivity contribution in [2.24, 2.45) is 5.92 Å². The normalized spacial score (nSPS) is 14.3. The van der Waals surface area contributed by atoms with Gasteiger partial charge in [-0.2, -0.15) is 0 Å². The van der Waals surface area contributed by atoms with Gasteiger partial charge in [0.15, 0.2) is 0 Å². The number of anilines is 3. The van der Waals surface area contributed by atoms with E-state index in [0.717, 1.165) is 37.4 Å². The number of hydrogen-bond acceptors (Lipinski definition) is 6. The van der Waals surface area contributed by atoms with Crippen LogP contribution in [0.2, 0.25) is 0 Å². The maximum absolute atomic E-state index is 12.6. The smallest absolute Gasteiger partial charge is 0.258 e. The first-order valence-corrected chi connectivity index (χ1v) is 9.42. The molecule has 1 aliphatic rings. The third kappa shape index (κ3) is 5.40. The molecular formula is C20H27N5O2. The quantitative estimate of drug-likeness (QED) is 0.781. The summed E-state index contributed by atoms with van der Waals surface area (Å²) in [5.41, 5.74) is 2.21. The molecule has 27 heavy (non-hydrogen) atoms. The molecular weight excluding hydrogens is 342 g/mol. The second-order valence-electron chi connectivity index (χ2n) is 6.98. The molecule has 1 amide bonds. The maximum Gasteiger partial charge on any atom is 0.258 e. The molecule has 0 aliphatic carbocycles. The van der Waals surface area contributed by atoms with Crippen LogP contribution in [0, 0.1) is 5.92 Å². The predicted molar refractivity (Wildman–Crippen MR) is 107 cm³/mol. The highest BCUT2D eigenvalue weighted by molar-refractivity contribution is 6.05. The molecule has 2 aromatic rings. The third-order valence-corrected chi connectivity index (χ3v) is 4.42. The topological polar surface area (TPSA) is 79.4 Å². The van der Waals surface area contributed by atoms with Crippen LogP contribution in [0.4, 0.5) is 17.3 Å². The van der Waals surface area contributed by atoms with E-state index in [1.54, 1.807) is 12.4 Å². The first kappa shape index (κ1) is 19.1. The van der Waals surface area contributed by atoms with Crippen molar-refractivity contribution in [3.8, 4) is 0 Å². The zero-order valence-electron chi connectivity index (χ0n) is 15.9. The van der Waals surface area contributed by atoms with Crippen LogP contribution in [-0.2, 0) is 4.74 Å². The number of nitrogens with zero attached hydrogens (tertiary/aromatic N) is 3. The van der Waals surface area contributed by atoms with Gasteiger partial charge in [-0.05, 0) is 24.5 Å². The summed E-state index contributed by atoms with van der Waals surface area (Å²) in [5.74, 6) is 0.944. The molecule has 1 aromatic carbocycles. The number of hydrogen-bond donors (Lipinski definition) is 2. The van der Waals surface area contributed by atoms with Crippen LogP contribution in [0.3, 0.4) is 0 Å². The van der Waals surface area contributed by atoms with E-state index in [4.69, 9.17) is 4.74 Å². The van der Waals surface area contributed by atoms with E-state index < -0.39 is 0 Å². The van der Waals surface area contributed by atoms with Crippen LogP contribution in [0.15, 0.2) is 36.7 Å². The number of ether oxygens (including phenoxy) is 1. The fraction of sp³-hybridized carbons (Fsp3) is 0.450. The molecule has 7 heteroatoms. The molecule has 1 aliphatic heterocycles. The van der Waals surface area contributed by atoms with Crippen molar-refractivity contribution >= 4 is 23.2 Å². The average molecular weight is 369 g/mol. The SMILES string of the molecule is CC(C)CCNc1ncc(C(=O)Nc2ccccc2N2CCOCC2)cn1. The van der Waals surface area contributed by atoms with Crippen LogP contribution in [-0.4, -0.2) is 48.7 Å². The summed E-state index contributed by atoms with van der Waals surface area (Å²) < 4.78 is 5.41. The average Bonchev–Trinajstić information content (AvgIpc) is 2.69. The Kier molecular flexibility index (Phi) is 6.59. The molecule has 0 saturated carbocycles. The van der Waals surface area contributed by atoms with Gasteiger partial charge in [0.25, 0.3) is 5.91 Å². The molecule has 1 fully saturated rings. The molecule has 3 rings (SSSR count). The summed E-state index contributed by atoms with van der Waals surface area (Å²) >= 11 is 0. The number of aromatic nitrogens is 2. The molecule has 0 atom stereocenters. The standard InChI is InChI=1S/C20H27N5O2/c1-15(2)7-8-21-20-22-13-16(14-23-20)19(26)24-17-5-3-4-6-18(17)25-9-11-27-12-10-25/h3-6,13-15H,7-12H2,1-2H3,(H,24,26)(H,21,22,23). The van der Waals surface area contributed by atoms with Gasteiger partial charge in [0.05, 0.1) is 30.2 Å². The number of carbonyl (C=O) groups is 1. The van der Waals surface area contributed by atoms with E-state index in [2.05, 4.69) is 39.3 Å². The number of carbonyl (C=O) groups excluding carboxylic acids is 1. The van der Waals surface area contributed by atoms with E-state index >= 15 is 0 Å². The number of amides is 1. The molecule has 2 N–H and O–H groups in total. The fourth-order valence-electron chi connectivity index (χ4n) is 2.86. The van der Waals surface area contributed by atoms with Crippen LogP contribution >= 0.6 is 0 Å². The van der Waals surface area contributed by atoms with Gasteiger partial charge in [0, 0.05) is 32.0 Å². The Balaban J connectivity index is 1.63. The highest BCUT2D eigenvalue weighted by atomic mass is 16.5. The number of para-hydroxylation sites is 2. The summed E-state index contributed by atoms with van der Waals surface area (Å²) in [5, 5.41) is 6.15. The lowest BCUT2D eigenvalue weighted by atomic mass is 10.1. The number of rotatable bonds is 7. The van der Waals surface area contributed by atoms with Crippen molar-refractivity contribution in [3.63, 3.8) is 0 Å². The summed E-state index contributed by atoms with van der Waals surface area (Å²) in [7, 11) is 0. The van der Waals surface area contributed by atoms with Gasteiger partial charge in [-0.3, -0.25) is 4.79 Å². The van der Waals surface area contributed by atoms with Gasteiger partial charge in [0.2, 0.25) is 5.95 Å². The third-order valence-electron chi connectivity index (χ3n) is 4.42. The summed E-state index contributed by atoms with van der Waals surface area (Å²) in [6.07, 6.45) is 4.15. The number of morpholine rings is 1. The second-order valence-corrected chi connectivity index (χ2v) is 6.98. The molecule has 1 saturated heterocycles. The van der Waals surface area contributed by atoms with Crippen molar-refractivity contribution in [3.05, 3.63) is 42.2 Å². The van der Waals surface area contributed by atoms with Gasteiger partial charge >= 0.3 is 0 Å². The molecule has 7 nitrogen and oxygen atoms in total. The Labute approximate surface area is 160 Å². The Hall–Kier alpha value is -2.67. The molecule has 1 aromatic heterocycles. The van der Waals surface area contributed by atoms with Crippen molar-refractivity contribution in [2.45, 2.75) is 20.3 Å². The van der Waals surface area contributed by atoms with Gasteiger partial charge in [-0.15, -0.1) is 0 Å². The Bertz CT molecular complexity index is 742. The molecule has 0 unspecified atom stereocenters. The van der Waals surface area contributed by atoms with Gasteiger partial charge < -0.3 is 20.3 Å². The van der Waals surface area contributed by atoms with Crippen LogP contribution < -0.4 is 15.5 Å². The molecule has 0 radical (unpaired) electrons. The Morgan fingerprint density at radius 3 is 2.59 bits per heavy atom. The van der Waals surface area contributed by atoms with E-state index in [1.807, 2.05) is 24.3 Å². The van der Waals surface area contributed by atoms with Gasteiger partial charge in [-0.25, -0.2) is 9.97 Å². The minimum Gasteiger partial charge on any atom is -0.378 e. The second kappa shape index (κ2) is 9.32. The van der Waals surface area contributed by atoms with Crippen LogP contribution in [0.5, 0.6) is 0 Å². The van der Waals surface area contributed by atoms with Crippen molar-refractivity contribution < 1.29 is 9.53 Å². The van der Waals surface area contributed by atoms with E-state index in [0.29, 0.717) is 30.6 Å². The zero-order chi connectivity index (χ0) is 19.1. The highest BCUT2D eigenvalue weighted by Gasteiger charge is 2.16. The van der Waals surface area contributed by atoms with Crippen molar-refractivity contribution in [2.75, 3.05) is 48.4 Å². The predicted octanol–water partition coefficient (Wildman–Crippen LogP) is 3.02. The fourth-order valence-corrected chi connectivity index (χ4v) is 2.86. The summed E-state index contributed by atoms with van der Waals surface area (Å²) in [6.45, 7) is 8.17. The minimum absolute atomic E-state index is 0.218. The molecule has 144 valence electrons. The summed E-state index contributed by atoms with van der Waals surface area (Å²) in [4.78, 5) is 23.3. The Morgan fingerprint density at radius 2 is 1.89 bits per heavy atom. The number of nitrogens with one attached hydrogen (secondary N) is 2. The van der Waals surface area contributed by atoms with E-state index in [9.17, 15) is 4.79 Å². The van der Waals surface area contributed by atoms with Crippen molar-refractivity contribution in [1.29, 1.82) is 0 Å². The van der Waals surface area contributed by atoms with Crippen LogP contribution in [0.1, 0.15) is 30.6 Å². The number of benzene rings is 1. The molecule has 2 heterocycles. The summed E-state index contributed by atoms with van der Waals surface area (Å²) in [6, 6.07) is 7.81. The van der Waals surface area contributed by atoms with Gasteiger partial charge in [0.1, 0.15) is 0 Å². The molecule has 0 bridgehead atoms. The first-order valence-electron chi connectivity index (χ1n) is 9.42. The van der Waals surface area contributed by atoms with E-state index in [-0.39, 0.29) is 5.91 Å². The van der Waals surface area contributed by atoms with Crippen molar-refractivity contribution in [1.82, 2.24) is 9.97 Å². The largest absolute Gasteiger partial charge is 0.378 e. The lowest BCUT2D eigenvalue weighted by Gasteiger charge is -2.30. The van der Waals surface area contributed by atoms with Crippen LogP contribution in [0.25, 0.3) is 0 Å². The highest BCUT2D eigenvalue weighted by Crippen LogP contribution is 2.26. The van der Waals surface area contributed by atoms with E-state index in [1.165, 1.54) is 0 Å².